The van der Waals surface area contributed by atoms with Crippen LogP contribution in [0.25, 0.3) is 0 Å². The minimum absolute atomic E-state index is 0.0229. The van der Waals surface area contributed by atoms with Crippen molar-refractivity contribution in [3.8, 4) is 11.5 Å². The van der Waals surface area contributed by atoms with Crippen LogP contribution in [0.4, 0.5) is 0 Å². The molecule has 0 spiro atoms. The zero-order chi connectivity index (χ0) is 22.4. The Morgan fingerprint density at radius 1 is 1.16 bits per heavy atom. The summed E-state index contributed by atoms with van der Waals surface area (Å²) in [6, 6.07) is 12.2. The lowest BCUT2D eigenvalue weighted by Crippen LogP contribution is -2.39. The maximum absolute atomic E-state index is 11.1. The summed E-state index contributed by atoms with van der Waals surface area (Å²) in [5, 5.41) is 9.10. The van der Waals surface area contributed by atoms with E-state index in [-0.39, 0.29) is 23.9 Å². The van der Waals surface area contributed by atoms with Crippen molar-refractivity contribution in [1.82, 2.24) is 0 Å². The van der Waals surface area contributed by atoms with Crippen LogP contribution >= 0.6 is 0 Å². The Morgan fingerprint density at radius 2 is 1.94 bits per heavy atom. The molecule has 3 atom stereocenters. The third-order valence-electron chi connectivity index (χ3n) is 7.13. The van der Waals surface area contributed by atoms with Gasteiger partial charge in [-0.1, -0.05) is 45.0 Å². The molecule has 0 bridgehead atoms. The second-order valence-corrected chi connectivity index (χ2v) is 9.81. The first-order valence-corrected chi connectivity index (χ1v) is 11.0. The Hall–Kier alpha value is -2.53. The van der Waals surface area contributed by atoms with Crippen LogP contribution in [-0.2, 0) is 21.6 Å². The summed E-state index contributed by atoms with van der Waals surface area (Å²) >= 11 is 0. The number of methoxy groups -OCH3 is 1. The summed E-state index contributed by atoms with van der Waals surface area (Å²) in [5.74, 6) is 0.581. The molecule has 5 heteroatoms. The van der Waals surface area contributed by atoms with Gasteiger partial charge in [-0.2, -0.15) is 0 Å². The largest absolute Gasteiger partial charge is 0.492 e. The van der Waals surface area contributed by atoms with Crippen molar-refractivity contribution < 1.29 is 24.1 Å². The summed E-state index contributed by atoms with van der Waals surface area (Å²) in [6.07, 6.45) is 1.92. The monoisotopic (exact) mass is 424 g/mol. The van der Waals surface area contributed by atoms with Gasteiger partial charge in [0, 0.05) is 24.7 Å². The van der Waals surface area contributed by atoms with Crippen molar-refractivity contribution in [3.63, 3.8) is 0 Å². The highest BCUT2D eigenvalue weighted by atomic mass is 16.5. The normalized spacial score (nSPS) is 21.7. The van der Waals surface area contributed by atoms with E-state index in [1.165, 1.54) is 16.7 Å². The fourth-order valence-corrected chi connectivity index (χ4v) is 4.88. The molecule has 1 heterocycles. The molecule has 2 aromatic carbocycles. The molecule has 166 valence electrons. The zero-order valence-electron chi connectivity index (χ0n) is 19.0. The van der Waals surface area contributed by atoms with E-state index in [0.29, 0.717) is 6.61 Å². The van der Waals surface area contributed by atoms with Crippen LogP contribution in [0.3, 0.4) is 0 Å². The number of carboxylic acid groups (broad SMARTS) is 1. The van der Waals surface area contributed by atoms with Gasteiger partial charge in [0.05, 0.1) is 18.6 Å². The lowest BCUT2D eigenvalue weighted by Gasteiger charge is -2.42. The van der Waals surface area contributed by atoms with Crippen LogP contribution in [0.2, 0.25) is 0 Å². The standard InChI is InChI=1S/C26H32O5/c1-25(2,3)26(4,29-5)21-8-6-7-20-19(21)11-12-22(20)31-17-9-10-18-16(13-24(27)28)15-30-23(18)14-17/h6-10,14,16,22H,11-13,15H2,1-5H3,(H,27,28)/t16?,22-,26?/m1/s1. The molecule has 2 aromatic rings. The fraction of sp³-hybridized carbons (Fsp3) is 0.500. The molecule has 0 amide bonds. The summed E-state index contributed by atoms with van der Waals surface area (Å²) in [4.78, 5) is 11.1. The molecular weight excluding hydrogens is 392 g/mol. The van der Waals surface area contributed by atoms with E-state index < -0.39 is 11.6 Å². The van der Waals surface area contributed by atoms with Crippen molar-refractivity contribution in [3.05, 3.63) is 58.7 Å². The van der Waals surface area contributed by atoms with Crippen LogP contribution in [-0.4, -0.2) is 24.8 Å². The van der Waals surface area contributed by atoms with Crippen LogP contribution in [0.15, 0.2) is 36.4 Å². The number of carboxylic acids is 1. The average Bonchev–Trinajstić information content (AvgIpc) is 3.30. The third kappa shape index (κ3) is 3.80. The zero-order valence-corrected chi connectivity index (χ0v) is 19.0. The van der Waals surface area contributed by atoms with Crippen LogP contribution in [0.5, 0.6) is 11.5 Å². The quantitative estimate of drug-likeness (QED) is 0.653. The van der Waals surface area contributed by atoms with Crippen LogP contribution in [0, 0.1) is 5.41 Å². The molecular formula is C26H32O5. The SMILES string of the molecule is COC(C)(c1cccc2c1CC[C@H]2Oc1ccc2c(c1)OCC2CC(=O)O)C(C)(C)C. The molecule has 2 unspecified atom stereocenters. The third-order valence-corrected chi connectivity index (χ3v) is 7.13. The highest BCUT2D eigenvalue weighted by Gasteiger charge is 2.42. The Bertz CT molecular complexity index is 990. The van der Waals surface area contributed by atoms with Crippen LogP contribution in [0.1, 0.15) is 74.8 Å². The fourth-order valence-electron chi connectivity index (χ4n) is 4.88. The van der Waals surface area contributed by atoms with Gasteiger partial charge in [-0.3, -0.25) is 4.79 Å². The molecule has 0 aromatic heterocycles. The van der Waals surface area contributed by atoms with Gasteiger partial charge >= 0.3 is 5.97 Å². The minimum atomic E-state index is -0.807. The van der Waals surface area contributed by atoms with Gasteiger partial charge in [0.25, 0.3) is 0 Å². The molecule has 1 N–H and O–H groups in total. The number of rotatable bonds is 6. The molecule has 1 aliphatic carbocycles. The first-order chi connectivity index (χ1) is 14.6. The van der Waals surface area contributed by atoms with Crippen molar-refractivity contribution in [1.29, 1.82) is 0 Å². The smallest absolute Gasteiger partial charge is 0.304 e. The minimum Gasteiger partial charge on any atom is -0.492 e. The van der Waals surface area contributed by atoms with Gasteiger partial charge in [-0.15, -0.1) is 0 Å². The van der Waals surface area contributed by atoms with E-state index in [9.17, 15) is 4.79 Å². The Morgan fingerprint density at radius 3 is 2.61 bits per heavy atom. The van der Waals surface area contributed by atoms with E-state index in [1.54, 1.807) is 7.11 Å². The number of carbonyl (C=O) groups is 1. The Kier molecular flexibility index (Phi) is 5.50. The first-order valence-electron chi connectivity index (χ1n) is 11.0. The van der Waals surface area contributed by atoms with E-state index in [2.05, 4.69) is 45.9 Å². The lowest BCUT2D eigenvalue weighted by atomic mass is 9.71. The summed E-state index contributed by atoms with van der Waals surface area (Å²) < 4.78 is 18.2. The molecule has 31 heavy (non-hydrogen) atoms. The maximum Gasteiger partial charge on any atom is 0.304 e. The van der Waals surface area contributed by atoms with E-state index in [1.807, 2.05) is 18.2 Å². The molecule has 0 saturated heterocycles. The second kappa shape index (κ2) is 7.86. The van der Waals surface area contributed by atoms with Crippen molar-refractivity contribution in [2.45, 2.75) is 64.6 Å². The number of hydrogen-bond donors (Lipinski definition) is 1. The molecule has 0 saturated carbocycles. The average molecular weight is 425 g/mol. The molecule has 5 nitrogen and oxygen atoms in total. The Labute approximate surface area is 184 Å². The predicted molar refractivity (Wildman–Crippen MR) is 119 cm³/mol. The molecule has 0 fully saturated rings. The second-order valence-electron chi connectivity index (χ2n) is 9.81. The van der Waals surface area contributed by atoms with Gasteiger partial charge in [0.2, 0.25) is 0 Å². The lowest BCUT2D eigenvalue weighted by molar-refractivity contribution is -0.137. The molecule has 2 aliphatic rings. The van der Waals surface area contributed by atoms with E-state index >= 15 is 0 Å². The van der Waals surface area contributed by atoms with Gasteiger partial charge in [0.15, 0.2) is 0 Å². The topological polar surface area (TPSA) is 65.0 Å². The van der Waals surface area contributed by atoms with Crippen molar-refractivity contribution >= 4 is 5.97 Å². The number of ether oxygens (including phenoxy) is 3. The highest BCUT2D eigenvalue weighted by Crippen LogP contribution is 2.48. The number of fused-ring (bicyclic) bond motifs is 2. The van der Waals surface area contributed by atoms with E-state index in [4.69, 9.17) is 19.3 Å². The highest BCUT2D eigenvalue weighted by molar-refractivity contribution is 5.68. The van der Waals surface area contributed by atoms with Crippen molar-refractivity contribution in [2.24, 2.45) is 5.41 Å². The number of hydrogen-bond acceptors (Lipinski definition) is 4. The van der Waals surface area contributed by atoms with Crippen LogP contribution < -0.4 is 9.47 Å². The summed E-state index contributed by atoms with van der Waals surface area (Å²) in [7, 11) is 1.79. The van der Waals surface area contributed by atoms with Gasteiger partial charge in [0.1, 0.15) is 17.6 Å². The Balaban J connectivity index is 1.59. The van der Waals surface area contributed by atoms with Gasteiger partial charge < -0.3 is 19.3 Å². The first kappa shape index (κ1) is 21.7. The molecule has 4 rings (SSSR count). The summed E-state index contributed by atoms with van der Waals surface area (Å²) in [5.41, 5.74) is 4.28. The maximum atomic E-state index is 11.1. The predicted octanol–water partition coefficient (Wildman–Crippen LogP) is 5.61. The number of benzene rings is 2. The van der Waals surface area contributed by atoms with Crippen molar-refractivity contribution in [2.75, 3.05) is 13.7 Å². The van der Waals surface area contributed by atoms with Gasteiger partial charge in [-0.25, -0.2) is 0 Å². The molecule has 0 radical (unpaired) electrons. The number of aliphatic carboxylic acids is 1. The summed E-state index contributed by atoms with van der Waals surface area (Å²) in [6.45, 7) is 9.20. The molecule has 1 aliphatic heterocycles. The van der Waals surface area contributed by atoms with Gasteiger partial charge in [-0.05, 0) is 47.9 Å². The van der Waals surface area contributed by atoms with E-state index in [0.717, 1.165) is 29.9 Å².